The standard InChI is InChI=1S/C11H8BrClFN3O2S/c12-7-4-8(14)9(15)5-10(7)20(18,19)17-6-1-2-16-11(13)3-6/h1-5H,15H2,(H,16,17). The minimum absolute atomic E-state index is 0.0665. The van der Waals surface area contributed by atoms with E-state index in [-0.39, 0.29) is 25.9 Å². The van der Waals surface area contributed by atoms with Gasteiger partial charge in [0.1, 0.15) is 15.9 Å². The number of sulfonamides is 1. The lowest BCUT2D eigenvalue weighted by Crippen LogP contribution is -2.14. The summed E-state index contributed by atoms with van der Waals surface area (Å²) < 4.78 is 40.0. The number of hydrogen-bond acceptors (Lipinski definition) is 4. The number of aromatic nitrogens is 1. The van der Waals surface area contributed by atoms with Crippen molar-refractivity contribution in [1.29, 1.82) is 0 Å². The Morgan fingerprint density at radius 3 is 2.70 bits per heavy atom. The number of nitrogens with two attached hydrogens (primary N) is 1. The average molecular weight is 381 g/mol. The third kappa shape index (κ3) is 3.20. The minimum Gasteiger partial charge on any atom is -0.396 e. The largest absolute Gasteiger partial charge is 0.396 e. The summed E-state index contributed by atoms with van der Waals surface area (Å²) in [5.74, 6) is -0.706. The Balaban J connectivity index is 2.43. The third-order valence-electron chi connectivity index (χ3n) is 2.32. The summed E-state index contributed by atoms with van der Waals surface area (Å²) in [5.41, 5.74) is 5.36. The average Bonchev–Trinajstić information content (AvgIpc) is 2.33. The fourth-order valence-corrected chi connectivity index (χ4v) is 3.70. The molecule has 0 aliphatic heterocycles. The summed E-state index contributed by atoms with van der Waals surface area (Å²) >= 11 is 8.66. The van der Waals surface area contributed by atoms with Gasteiger partial charge in [-0.25, -0.2) is 17.8 Å². The van der Waals surface area contributed by atoms with Gasteiger partial charge >= 0.3 is 0 Å². The van der Waals surface area contributed by atoms with Gasteiger partial charge in [0.15, 0.2) is 0 Å². The number of halogens is 3. The molecule has 1 heterocycles. The molecular weight excluding hydrogens is 373 g/mol. The Kier molecular flexibility index (Phi) is 4.17. The fraction of sp³-hybridized carbons (Fsp3) is 0. The topological polar surface area (TPSA) is 85.1 Å². The Labute approximate surface area is 128 Å². The molecule has 0 saturated heterocycles. The Bertz CT molecular complexity index is 770. The van der Waals surface area contributed by atoms with Crippen LogP contribution in [0.1, 0.15) is 0 Å². The van der Waals surface area contributed by atoms with Gasteiger partial charge in [-0.3, -0.25) is 4.72 Å². The van der Waals surface area contributed by atoms with Gasteiger partial charge in [0, 0.05) is 10.7 Å². The number of anilines is 2. The van der Waals surface area contributed by atoms with E-state index in [0.717, 1.165) is 12.1 Å². The molecule has 0 aliphatic rings. The lowest BCUT2D eigenvalue weighted by molar-refractivity contribution is 0.599. The number of nitrogen functional groups attached to an aromatic ring is 1. The van der Waals surface area contributed by atoms with Crippen molar-refractivity contribution < 1.29 is 12.8 Å². The van der Waals surface area contributed by atoms with Crippen molar-refractivity contribution in [2.75, 3.05) is 10.5 Å². The van der Waals surface area contributed by atoms with Gasteiger partial charge in [-0.1, -0.05) is 11.6 Å². The molecule has 1 aromatic heterocycles. The first kappa shape index (κ1) is 15.0. The van der Waals surface area contributed by atoms with E-state index in [4.69, 9.17) is 17.3 Å². The molecule has 0 bridgehead atoms. The number of pyridine rings is 1. The van der Waals surface area contributed by atoms with Crippen LogP contribution in [0.15, 0.2) is 39.8 Å². The molecule has 2 aromatic rings. The number of rotatable bonds is 3. The number of nitrogens with zero attached hydrogens (tertiary/aromatic N) is 1. The van der Waals surface area contributed by atoms with Crippen LogP contribution in [-0.2, 0) is 10.0 Å². The van der Waals surface area contributed by atoms with Crippen molar-refractivity contribution in [1.82, 2.24) is 4.98 Å². The molecule has 106 valence electrons. The van der Waals surface area contributed by atoms with Crippen LogP contribution in [0.25, 0.3) is 0 Å². The molecule has 2 rings (SSSR count). The molecule has 0 unspecified atom stereocenters. The number of hydrogen-bond donors (Lipinski definition) is 2. The highest BCUT2D eigenvalue weighted by Crippen LogP contribution is 2.28. The second-order valence-corrected chi connectivity index (χ2v) is 6.67. The van der Waals surface area contributed by atoms with Gasteiger partial charge in [-0.2, -0.15) is 0 Å². The van der Waals surface area contributed by atoms with Crippen LogP contribution >= 0.6 is 27.5 Å². The molecule has 0 saturated carbocycles. The highest BCUT2D eigenvalue weighted by molar-refractivity contribution is 9.10. The van der Waals surface area contributed by atoms with Crippen LogP contribution in [0.4, 0.5) is 15.8 Å². The van der Waals surface area contributed by atoms with Crippen molar-refractivity contribution in [2.45, 2.75) is 4.90 Å². The molecule has 9 heteroatoms. The van der Waals surface area contributed by atoms with Crippen LogP contribution < -0.4 is 10.5 Å². The molecular formula is C11H8BrClFN3O2S. The van der Waals surface area contributed by atoms with Crippen molar-refractivity contribution in [2.24, 2.45) is 0 Å². The maximum Gasteiger partial charge on any atom is 0.263 e. The lowest BCUT2D eigenvalue weighted by atomic mass is 10.3. The van der Waals surface area contributed by atoms with Crippen molar-refractivity contribution in [3.05, 3.63) is 45.9 Å². The first-order valence-corrected chi connectivity index (χ1v) is 7.84. The van der Waals surface area contributed by atoms with Crippen LogP contribution in [0.3, 0.4) is 0 Å². The molecule has 3 N–H and O–H groups in total. The first-order chi connectivity index (χ1) is 9.29. The molecule has 0 amide bonds. The first-order valence-electron chi connectivity index (χ1n) is 5.18. The maximum absolute atomic E-state index is 13.2. The SMILES string of the molecule is Nc1cc(S(=O)(=O)Nc2ccnc(Cl)c2)c(Br)cc1F. The smallest absolute Gasteiger partial charge is 0.263 e. The lowest BCUT2D eigenvalue weighted by Gasteiger charge is -2.10. The van der Waals surface area contributed by atoms with E-state index >= 15 is 0 Å². The van der Waals surface area contributed by atoms with Crippen LogP contribution in [0.2, 0.25) is 5.15 Å². The highest BCUT2D eigenvalue weighted by atomic mass is 79.9. The number of benzene rings is 1. The van der Waals surface area contributed by atoms with Gasteiger partial charge in [-0.05, 0) is 40.2 Å². The molecule has 0 fully saturated rings. The summed E-state index contributed by atoms with van der Waals surface area (Å²) in [5, 5.41) is 0.142. The second-order valence-electron chi connectivity index (χ2n) is 3.78. The monoisotopic (exact) mass is 379 g/mol. The highest BCUT2D eigenvalue weighted by Gasteiger charge is 2.20. The zero-order chi connectivity index (χ0) is 14.9. The molecule has 0 atom stereocenters. The minimum atomic E-state index is -3.93. The van der Waals surface area contributed by atoms with Gasteiger partial charge < -0.3 is 5.73 Å². The number of nitrogens with one attached hydrogen (secondary N) is 1. The zero-order valence-corrected chi connectivity index (χ0v) is 12.9. The van der Waals surface area contributed by atoms with Crippen molar-refractivity contribution >= 4 is 48.9 Å². The van der Waals surface area contributed by atoms with E-state index in [9.17, 15) is 12.8 Å². The quantitative estimate of drug-likeness (QED) is 0.633. The third-order valence-corrected chi connectivity index (χ3v) is 4.87. The van der Waals surface area contributed by atoms with Gasteiger partial charge in [0.2, 0.25) is 0 Å². The fourth-order valence-electron chi connectivity index (χ4n) is 1.43. The summed E-state index contributed by atoms with van der Waals surface area (Å²) in [7, 11) is -3.93. The summed E-state index contributed by atoms with van der Waals surface area (Å²) in [6.45, 7) is 0. The molecule has 5 nitrogen and oxygen atoms in total. The van der Waals surface area contributed by atoms with E-state index in [1.54, 1.807) is 0 Å². The second kappa shape index (κ2) is 5.55. The molecule has 0 radical (unpaired) electrons. The summed E-state index contributed by atoms with van der Waals surface area (Å²) in [6.07, 6.45) is 1.36. The zero-order valence-electron chi connectivity index (χ0n) is 9.77. The van der Waals surface area contributed by atoms with Crippen LogP contribution in [0.5, 0.6) is 0 Å². The summed E-state index contributed by atoms with van der Waals surface area (Å²) in [4.78, 5) is 3.56. The Morgan fingerprint density at radius 2 is 2.05 bits per heavy atom. The predicted octanol–water partition coefficient (Wildman–Crippen LogP) is 3.02. The van der Waals surface area contributed by atoms with Gasteiger partial charge in [-0.15, -0.1) is 0 Å². The maximum atomic E-state index is 13.2. The summed E-state index contributed by atoms with van der Waals surface area (Å²) in [6, 6.07) is 4.80. The van der Waals surface area contributed by atoms with E-state index < -0.39 is 15.8 Å². The molecule has 1 aromatic carbocycles. The van der Waals surface area contributed by atoms with E-state index in [1.807, 2.05) is 0 Å². The van der Waals surface area contributed by atoms with Crippen molar-refractivity contribution in [3.8, 4) is 0 Å². The molecule has 0 spiro atoms. The normalized spacial score (nSPS) is 11.3. The van der Waals surface area contributed by atoms with Gasteiger partial charge in [0.25, 0.3) is 10.0 Å². The Hall–Kier alpha value is -1.38. The van der Waals surface area contributed by atoms with Crippen LogP contribution in [-0.4, -0.2) is 13.4 Å². The van der Waals surface area contributed by atoms with E-state index in [0.29, 0.717) is 0 Å². The van der Waals surface area contributed by atoms with Crippen molar-refractivity contribution in [3.63, 3.8) is 0 Å². The predicted molar refractivity (Wildman–Crippen MR) is 78.6 cm³/mol. The molecule has 0 aliphatic carbocycles. The Morgan fingerprint density at radius 1 is 1.35 bits per heavy atom. The van der Waals surface area contributed by atoms with Crippen LogP contribution in [0, 0.1) is 5.82 Å². The van der Waals surface area contributed by atoms with E-state index in [2.05, 4.69) is 25.6 Å². The van der Waals surface area contributed by atoms with Gasteiger partial charge in [0.05, 0.1) is 11.4 Å². The molecule has 20 heavy (non-hydrogen) atoms. The van der Waals surface area contributed by atoms with E-state index in [1.165, 1.54) is 18.3 Å².